The van der Waals surface area contributed by atoms with Gasteiger partial charge in [0.1, 0.15) is 11.3 Å². The summed E-state index contributed by atoms with van der Waals surface area (Å²) in [6.07, 6.45) is 0. The van der Waals surface area contributed by atoms with Crippen molar-refractivity contribution in [1.29, 1.82) is 0 Å². The standard InChI is InChI=1S/C38H22N6/c1-3-11-23-21(9-1)33-27(39-23)17-19-31-35(33)37-41-25-13-5-8-16-30(25)44(37)32-20-18-28-34(22-10-2-4-12-24(22)40-28)36(32)38-42-26-14-6-7-15-29(26)43(31)38/h1-20,39-40H. The van der Waals surface area contributed by atoms with Crippen LogP contribution in [-0.2, 0) is 0 Å². The molecule has 204 valence electrons. The Kier molecular flexibility index (Phi) is 3.99. The highest BCUT2D eigenvalue weighted by molar-refractivity contribution is 6.28. The summed E-state index contributed by atoms with van der Waals surface area (Å²) in [5, 5.41) is 6.86. The van der Waals surface area contributed by atoms with E-state index >= 15 is 0 Å². The summed E-state index contributed by atoms with van der Waals surface area (Å²) in [5.41, 5.74) is 12.4. The van der Waals surface area contributed by atoms with E-state index in [-0.39, 0.29) is 0 Å². The molecule has 0 saturated carbocycles. The van der Waals surface area contributed by atoms with E-state index in [4.69, 9.17) is 9.97 Å². The topological polar surface area (TPSA) is 66.2 Å². The van der Waals surface area contributed by atoms with Gasteiger partial charge in [0.15, 0.2) is 0 Å². The normalized spacial score (nSPS) is 12.5. The smallest absolute Gasteiger partial charge is 0.148 e. The van der Waals surface area contributed by atoms with E-state index < -0.39 is 0 Å². The first-order valence-corrected chi connectivity index (χ1v) is 14.9. The fraction of sp³-hybridized carbons (Fsp3) is 0. The minimum Gasteiger partial charge on any atom is -0.354 e. The minimum atomic E-state index is 0.917. The highest BCUT2D eigenvalue weighted by Crippen LogP contribution is 2.40. The predicted octanol–water partition coefficient (Wildman–Crippen LogP) is 9.43. The summed E-state index contributed by atoms with van der Waals surface area (Å²) < 4.78 is 4.71. The molecule has 6 heteroatoms. The zero-order chi connectivity index (χ0) is 28.5. The first kappa shape index (κ1) is 22.5. The van der Waals surface area contributed by atoms with Crippen molar-refractivity contribution in [2.45, 2.75) is 0 Å². The van der Waals surface area contributed by atoms with Crippen LogP contribution in [0.15, 0.2) is 121 Å². The number of rotatable bonds is 0. The van der Waals surface area contributed by atoms with Crippen LogP contribution >= 0.6 is 0 Å². The van der Waals surface area contributed by atoms with Crippen LogP contribution in [0.1, 0.15) is 0 Å². The van der Waals surface area contributed by atoms with Gasteiger partial charge in [-0.05, 0) is 60.7 Å². The molecule has 0 unspecified atom stereocenters. The zero-order valence-corrected chi connectivity index (χ0v) is 23.3. The molecule has 0 atom stereocenters. The van der Waals surface area contributed by atoms with E-state index in [9.17, 15) is 0 Å². The lowest BCUT2D eigenvalue weighted by molar-refractivity contribution is 1.28. The van der Waals surface area contributed by atoms with Gasteiger partial charge < -0.3 is 9.97 Å². The molecule has 0 radical (unpaired) electrons. The van der Waals surface area contributed by atoms with Gasteiger partial charge in [-0.1, -0.05) is 60.7 Å². The molecule has 2 N–H and O–H groups in total. The fourth-order valence-electron chi connectivity index (χ4n) is 7.56. The number of benzene rings is 6. The summed E-state index contributed by atoms with van der Waals surface area (Å²) >= 11 is 0. The lowest BCUT2D eigenvalue weighted by Gasteiger charge is -2.10. The number of imidazole rings is 2. The van der Waals surface area contributed by atoms with Crippen molar-refractivity contribution in [3.05, 3.63) is 121 Å². The van der Waals surface area contributed by atoms with Crippen molar-refractivity contribution in [2.24, 2.45) is 0 Å². The van der Waals surface area contributed by atoms with Crippen LogP contribution in [0.2, 0.25) is 0 Å². The van der Waals surface area contributed by atoms with Gasteiger partial charge in [0.05, 0.1) is 43.9 Å². The van der Waals surface area contributed by atoms with Gasteiger partial charge >= 0.3 is 0 Å². The Bertz CT molecular complexity index is 2850. The molecule has 0 aliphatic rings. The van der Waals surface area contributed by atoms with Gasteiger partial charge in [0, 0.05) is 43.6 Å². The number of aromatic nitrogens is 6. The van der Waals surface area contributed by atoms with Crippen LogP contribution in [0, 0.1) is 0 Å². The lowest BCUT2D eigenvalue weighted by Crippen LogP contribution is -1.95. The largest absolute Gasteiger partial charge is 0.354 e. The Morgan fingerprint density at radius 3 is 1.30 bits per heavy atom. The van der Waals surface area contributed by atoms with Crippen molar-refractivity contribution in [3.63, 3.8) is 0 Å². The molecule has 6 aromatic carbocycles. The molecule has 5 aromatic heterocycles. The maximum Gasteiger partial charge on any atom is 0.148 e. The molecular weight excluding hydrogens is 540 g/mol. The molecule has 0 bridgehead atoms. The van der Waals surface area contributed by atoms with Gasteiger partial charge in [-0.2, -0.15) is 0 Å². The number of nitrogens with zero attached hydrogens (tertiary/aromatic N) is 4. The maximum atomic E-state index is 5.41. The average molecular weight is 563 g/mol. The molecule has 5 heterocycles. The van der Waals surface area contributed by atoms with E-state index in [0.717, 1.165) is 88.0 Å². The minimum absolute atomic E-state index is 0.917. The van der Waals surface area contributed by atoms with Crippen LogP contribution < -0.4 is 0 Å². The molecule has 0 aliphatic carbocycles. The highest BCUT2D eigenvalue weighted by Gasteiger charge is 2.21. The van der Waals surface area contributed by atoms with Gasteiger partial charge in [0.2, 0.25) is 0 Å². The monoisotopic (exact) mass is 562 g/mol. The fourth-order valence-corrected chi connectivity index (χ4v) is 7.56. The maximum absolute atomic E-state index is 5.41. The molecule has 11 rings (SSSR count). The molecular formula is C38H22N6. The molecule has 0 saturated heterocycles. The van der Waals surface area contributed by atoms with Crippen LogP contribution in [0.4, 0.5) is 0 Å². The Balaban J connectivity index is 1.61. The summed E-state index contributed by atoms with van der Waals surface area (Å²) in [6, 6.07) is 42.9. The summed E-state index contributed by atoms with van der Waals surface area (Å²) in [5.74, 6) is 0. The van der Waals surface area contributed by atoms with Crippen LogP contribution in [0.25, 0.3) is 98.8 Å². The molecule has 11 aromatic rings. The summed E-state index contributed by atoms with van der Waals surface area (Å²) in [7, 11) is 0. The number of hydrogen-bond donors (Lipinski definition) is 2. The van der Waals surface area contributed by atoms with Crippen molar-refractivity contribution < 1.29 is 0 Å². The lowest BCUT2D eigenvalue weighted by atomic mass is 10.1. The third-order valence-electron chi connectivity index (χ3n) is 9.35. The van der Waals surface area contributed by atoms with Crippen LogP contribution in [0.3, 0.4) is 0 Å². The van der Waals surface area contributed by atoms with Crippen LogP contribution in [-0.4, -0.2) is 28.7 Å². The number of H-pyrrole nitrogens is 2. The number of nitrogens with one attached hydrogen (secondary N) is 2. The van der Waals surface area contributed by atoms with Crippen LogP contribution in [0.5, 0.6) is 0 Å². The summed E-state index contributed by atoms with van der Waals surface area (Å²) in [4.78, 5) is 18.2. The van der Waals surface area contributed by atoms with Crippen molar-refractivity contribution in [3.8, 4) is 0 Å². The van der Waals surface area contributed by atoms with Gasteiger partial charge in [-0.15, -0.1) is 0 Å². The SMILES string of the molecule is c1ccc2c(c1)nc1c3c4c(ccc3n3c5ccccc5nc3c3c5c(ccc3n21)[nH]c1ccccc15)[nH]c1ccccc14. The highest BCUT2D eigenvalue weighted by atomic mass is 15.1. The Labute approximate surface area is 248 Å². The molecule has 0 spiro atoms. The third kappa shape index (κ3) is 2.67. The first-order chi connectivity index (χ1) is 21.8. The first-order valence-electron chi connectivity index (χ1n) is 14.9. The second kappa shape index (κ2) is 7.82. The van der Waals surface area contributed by atoms with E-state index in [1.54, 1.807) is 0 Å². The Morgan fingerprint density at radius 2 is 0.795 bits per heavy atom. The quantitative estimate of drug-likeness (QED) is 0.193. The van der Waals surface area contributed by atoms with Crippen molar-refractivity contribution in [1.82, 2.24) is 28.7 Å². The number of hydrogen-bond acceptors (Lipinski definition) is 2. The molecule has 0 fully saturated rings. The van der Waals surface area contributed by atoms with Crippen molar-refractivity contribution in [2.75, 3.05) is 0 Å². The number of para-hydroxylation sites is 6. The predicted molar refractivity (Wildman–Crippen MR) is 182 cm³/mol. The average Bonchev–Trinajstić information content (AvgIpc) is 3.82. The van der Waals surface area contributed by atoms with E-state index in [0.29, 0.717) is 0 Å². The number of fused-ring (bicyclic) bond motifs is 20. The Morgan fingerprint density at radius 1 is 0.364 bits per heavy atom. The van der Waals surface area contributed by atoms with E-state index in [1.807, 2.05) is 0 Å². The molecule has 44 heavy (non-hydrogen) atoms. The van der Waals surface area contributed by atoms with Crippen molar-refractivity contribution >= 4 is 98.8 Å². The van der Waals surface area contributed by atoms with E-state index in [2.05, 4.69) is 140 Å². The number of aromatic amines is 2. The Hall–Kier alpha value is -6.14. The molecule has 6 nitrogen and oxygen atoms in total. The summed E-state index contributed by atoms with van der Waals surface area (Å²) in [6.45, 7) is 0. The van der Waals surface area contributed by atoms with Gasteiger partial charge in [0.25, 0.3) is 0 Å². The van der Waals surface area contributed by atoms with Gasteiger partial charge in [-0.25, -0.2) is 9.97 Å². The second-order valence-electron chi connectivity index (χ2n) is 11.6. The second-order valence-corrected chi connectivity index (χ2v) is 11.6. The van der Waals surface area contributed by atoms with Gasteiger partial charge in [-0.3, -0.25) is 8.80 Å². The van der Waals surface area contributed by atoms with E-state index in [1.165, 1.54) is 10.8 Å². The zero-order valence-electron chi connectivity index (χ0n) is 23.3. The third-order valence-corrected chi connectivity index (χ3v) is 9.35. The molecule has 0 aliphatic heterocycles. The molecule has 0 amide bonds.